The zero-order valence-corrected chi connectivity index (χ0v) is 8.08. The lowest BCUT2D eigenvalue weighted by atomic mass is 10.3. The molecular weight excluding hydrogens is 220 g/mol. The molecule has 0 fully saturated rings. The molecule has 3 nitrogen and oxygen atoms in total. The minimum Gasteiger partial charge on any atom is -0.416 e. The Kier molecular flexibility index (Phi) is 1.77. The van der Waals surface area contributed by atoms with Gasteiger partial charge in [0.1, 0.15) is 19.0 Å². The van der Waals surface area contributed by atoms with Crippen LogP contribution < -0.4 is 4.84 Å². The fraction of sp³-hybridized carbons (Fsp3) is 0.125. The number of halogens is 1. The van der Waals surface area contributed by atoms with Gasteiger partial charge < -0.3 is 4.84 Å². The summed E-state index contributed by atoms with van der Waals surface area (Å²) in [6, 6.07) is 5.86. The molecule has 0 N–H and O–H groups in total. The van der Waals surface area contributed by atoms with Crippen molar-refractivity contribution < 1.29 is 4.84 Å². The first-order chi connectivity index (χ1) is 5.81. The van der Waals surface area contributed by atoms with Crippen LogP contribution in [0.5, 0.6) is 0 Å². The van der Waals surface area contributed by atoms with Crippen molar-refractivity contribution >= 4 is 27.0 Å². The SMILES string of the molecule is COn1cnc2cc(Br)ccc21. The van der Waals surface area contributed by atoms with Gasteiger partial charge in [-0.3, -0.25) is 0 Å². The number of hydrogen-bond acceptors (Lipinski definition) is 2. The number of imidazole rings is 1. The molecule has 0 unspecified atom stereocenters. The van der Waals surface area contributed by atoms with Crippen LogP contribution >= 0.6 is 15.9 Å². The molecule has 0 saturated carbocycles. The Morgan fingerprint density at radius 2 is 2.33 bits per heavy atom. The van der Waals surface area contributed by atoms with Crippen LogP contribution in [0.2, 0.25) is 0 Å². The van der Waals surface area contributed by atoms with Crippen LogP contribution in [0.1, 0.15) is 0 Å². The minimum absolute atomic E-state index is 0.922. The monoisotopic (exact) mass is 226 g/mol. The number of fused-ring (bicyclic) bond motifs is 1. The molecule has 0 spiro atoms. The van der Waals surface area contributed by atoms with Crippen molar-refractivity contribution in [3.63, 3.8) is 0 Å². The van der Waals surface area contributed by atoms with Crippen molar-refractivity contribution in [2.45, 2.75) is 0 Å². The van der Waals surface area contributed by atoms with Gasteiger partial charge in [0.2, 0.25) is 0 Å². The number of aromatic nitrogens is 2. The second-order valence-corrected chi connectivity index (χ2v) is 3.30. The lowest BCUT2D eigenvalue weighted by Gasteiger charge is -1.99. The highest BCUT2D eigenvalue weighted by Gasteiger charge is 2.01. The summed E-state index contributed by atoms with van der Waals surface area (Å²) in [5, 5.41) is 0. The Labute approximate surface area is 78.1 Å². The van der Waals surface area contributed by atoms with Crippen LogP contribution in [0, 0.1) is 0 Å². The van der Waals surface area contributed by atoms with Gasteiger partial charge in [0, 0.05) is 4.47 Å². The predicted octanol–water partition coefficient (Wildman–Crippen LogP) is 1.86. The molecule has 1 heterocycles. The van der Waals surface area contributed by atoms with Gasteiger partial charge in [-0.05, 0) is 18.2 Å². The third-order valence-electron chi connectivity index (χ3n) is 1.67. The molecule has 0 aliphatic carbocycles. The average Bonchev–Trinajstić information content (AvgIpc) is 2.46. The van der Waals surface area contributed by atoms with Gasteiger partial charge in [-0.1, -0.05) is 15.9 Å². The van der Waals surface area contributed by atoms with Gasteiger partial charge >= 0.3 is 0 Å². The second-order valence-electron chi connectivity index (χ2n) is 2.39. The van der Waals surface area contributed by atoms with E-state index in [0.29, 0.717) is 0 Å². The van der Waals surface area contributed by atoms with E-state index in [1.807, 2.05) is 18.2 Å². The van der Waals surface area contributed by atoms with Crippen LogP contribution in [0.3, 0.4) is 0 Å². The van der Waals surface area contributed by atoms with Crippen LogP contribution in [-0.2, 0) is 0 Å². The maximum atomic E-state index is 5.05. The number of nitrogens with zero attached hydrogens (tertiary/aromatic N) is 2. The zero-order chi connectivity index (χ0) is 8.55. The van der Waals surface area contributed by atoms with E-state index in [4.69, 9.17) is 4.84 Å². The summed E-state index contributed by atoms with van der Waals surface area (Å²) in [4.78, 5) is 9.20. The van der Waals surface area contributed by atoms with Gasteiger partial charge in [-0.25, -0.2) is 4.98 Å². The highest BCUT2D eigenvalue weighted by Crippen LogP contribution is 2.17. The third kappa shape index (κ3) is 1.08. The maximum Gasteiger partial charge on any atom is 0.133 e. The van der Waals surface area contributed by atoms with E-state index >= 15 is 0 Å². The van der Waals surface area contributed by atoms with Crippen molar-refractivity contribution in [1.82, 2.24) is 9.71 Å². The standard InChI is InChI=1S/C8H7BrN2O/c1-12-11-5-10-7-4-6(9)2-3-8(7)11/h2-5H,1H3. The van der Waals surface area contributed by atoms with Crippen LogP contribution in [-0.4, -0.2) is 16.8 Å². The molecule has 0 bridgehead atoms. The van der Waals surface area contributed by atoms with Gasteiger partial charge in [-0.15, -0.1) is 0 Å². The topological polar surface area (TPSA) is 27.1 Å². The Hall–Kier alpha value is -1.03. The molecule has 0 amide bonds. The highest BCUT2D eigenvalue weighted by atomic mass is 79.9. The summed E-state index contributed by atoms with van der Waals surface area (Å²) in [5.74, 6) is 0. The molecule has 62 valence electrons. The van der Waals surface area contributed by atoms with Gasteiger partial charge in [0.05, 0.1) is 5.52 Å². The molecule has 12 heavy (non-hydrogen) atoms. The minimum atomic E-state index is 0.922. The van der Waals surface area contributed by atoms with E-state index in [-0.39, 0.29) is 0 Å². The first kappa shape index (κ1) is 7.61. The van der Waals surface area contributed by atoms with Crippen molar-refractivity contribution in [3.8, 4) is 0 Å². The first-order valence-corrected chi connectivity index (χ1v) is 4.27. The van der Waals surface area contributed by atoms with Crippen LogP contribution in [0.4, 0.5) is 0 Å². The van der Waals surface area contributed by atoms with E-state index in [1.54, 1.807) is 18.2 Å². The van der Waals surface area contributed by atoms with Crippen molar-refractivity contribution in [1.29, 1.82) is 0 Å². The molecule has 0 aliphatic rings. The lowest BCUT2D eigenvalue weighted by molar-refractivity contribution is 0.177. The first-order valence-electron chi connectivity index (χ1n) is 3.48. The van der Waals surface area contributed by atoms with Crippen molar-refractivity contribution in [2.75, 3.05) is 7.11 Å². The molecular formula is C8H7BrN2O. The molecule has 0 saturated heterocycles. The fourth-order valence-electron chi connectivity index (χ4n) is 1.11. The Morgan fingerprint density at radius 3 is 3.08 bits per heavy atom. The molecule has 0 atom stereocenters. The number of benzene rings is 1. The van der Waals surface area contributed by atoms with Gasteiger partial charge in [-0.2, -0.15) is 4.73 Å². The maximum absolute atomic E-state index is 5.05. The van der Waals surface area contributed by atoms with E-state index in [0.717, 1.165) is 15.5 Å². The van der Waals surface area contributed by atoms with E-state index in [9.17, 15) is 0 Å². The Bertz CT molecular complexity index is 410. The average molecular weight is 227 g/mol. The Morgan fingerprint density at radius 1 is 1.50 bits per heavy atom. The van der Waals surface area contributed by atoms with E-state index in [2.05, 4.69) is 20.9 Å². The molecule has 0 radical (unpaired) electrons. The van der Waals surface area contributed by atoms with Crippen LogP contribution in [0.25, 0.3) is 11.0 Å². The number of rotatable bonds is 1. The third-order valence-corrected chi connectivity index (χ3v) is 2.17. The molecule has 2 rings (SSSR count). The normalized spacial score (nSPS) is 10.5. The summed E-state index contributed by atoms with van der Waals surface area (Å²) in [5.41, 5.74) is 1.90. The second kappa shape index (κ2) is 2.79. The van der Waals surface area contributed by atoms with E-state index in [1.165, 1.54) is 0 Å². The van der Waals surface area contributed by atoms with Gasteiger partial charge in [0.15, 0.2) is 0 Å². The summed E-state index contributed by atoms with van der Waals surface area (Å²) in [7, 11) is 1.61. The quantitative estimate of drug-likeness (QED) is 0.743. The molecule has 4 heteroatoms. The molecule has 1 aromatic heterocycles. The number of hydrogen-bond donors (Lipinski definition) is 0. The highest BCUT2D eigenvalue weighted by molar-refractivity contribution is 9.10. The van der Waals surface area contributed by atoms with Crippen LogP contribution in [0.15, 0.2) is 29.0 Å². The summed E-state index contributed by atoms with van der Waals surface area (Å²) < 4.78 is 2.65. The summed E-state index contributed by atoms with van der Waals surface area (Å²) in [6.07, 6.45) is 1.65. The van der Waals surface area contributed by atoms with Crippen molar-refractivity contribution in [2.24, 2.45) is 0 Å². The molecule has 1 aromatic carbocycles. The largest absolute Gasteiger partial charge is 0.416 e. The smallest absolute Gasteiger partial charge is 0.133 e. The molecule has 2 aromatic rings. The molecule has 0 aliphatic heterocycles. The lowest BCUT2D eigenvalue weighted by Crippen LogP contribution is -2.02. The van der Waals surface area contributed by atoms with Gasteiger partial charge in [0.25, 0.3) is 0 Å². The Balaban J connectivity index is 2.73. The predicted molar refractivity (Wildman–Crippen MR) is 49.9 cm³/mol. The van der Waals surface area contributed by atoms with E-state index < -0.39 is 0 Å². The fourth-order valence-corrected chi connectivity index (χ4v) is 1.46. The summed E-state index contributed by atoms with van der Waals surface area (Å²) in [6.45, 7) is 0. The summed E-state index contributed by atoms with van der Waals surface area (Å²) >= 11 is 3.37. The van der Waals surface area contributed by atoms with Crippen molar-refractivity contribution in [3.05, 3.63) is 29.0 Å². The zero-order valence-electron chi connectivity index (χ0n) is 6.49.